The van der Waals surface area contributed by atoms with Gasteiger partial charge in [-0.1, -0.05) is 30.3 Å². The van der Waals surface area contributed by atoms with E-state index in [4.69, 9.17) is 4.98 Å². The molecule has 1 aromatic heterocycles. The first kappa shape index (κ1) is 17.7. The van der Waals surface area contributed by atoms with Crippen LogP contribution in [0.15, 0.2) is 35.4 Å². The smallest absolute Gasteiger partial charge is 0.250 e. The fraction of sp³-hybridized carbons (Fsp3) is 0.474. The van der Waals surface area contributed by atoms with Crippen molar-refractivity contribution in [3.05, 3.63) is 35.9 Å². The topological polar surface area (TPSA) is 81.6 Å². The second kappa shape index (κ2) is 8.77. The fourth-order valence-electron chi connectivity index (χ4n) is 3.35. The maximum Gasteiger partial charge on any atom is 0.250 e. The van der Waals surface area contributed by atoms with Crippen LogP contribution in [-0.2, 0) is 0 Å². The standard InChI is InChI=1S/C19H26N8/c1-3-7-16(8-4-1)15-21-25-17-22-18(26-11-5-2-6-12-26)24-19(23-17)27-13-9-20-10-14-27/h1,3-4,7-8,15,20H,2,5-6,9-14H2,(H,22,23,24,25). The lowest BCUT2D eigenvalue weighted by Crippen LogP contribution is -2.44. The van der Waals surface area contributed by atoms with Crippen LogP contribution < -0.4 is 20.5 Å². The number of hydrogen-bond donors (Lipinski definition) is 2. The molecule has 0 saturated carbocycles. The number of aromatic nitrogens is 3. The summed E-state index contributed by atoms with van der Waals surface area (Å²) >= 11 is 0. The van der Waals surface area contributed by atoms with E-state index in [1.165, 1.54) is 19.3 Å². The Balaban J connectivity index is 1.55. The molecule has 3 heterocycles. The highest BCUT2D eigenvalue weighted by Gasteiger charge is 2.20. The Labute approximate surface area is 159 Å². The highest BCUT2D eigenvalue weighted by molar-refractivity contribution is 5.79. The highest BCUT2D eigenvalue weighted by atomic mass is 15.4. The van der Waals surface area contributed by atoms with Gasteiger partial charge in [0.1, 0.15) is 0 Å². The van der Waals surface area contributed by atoms with Gasteiger partial charge in [-0.2, -0.15) is 20.1 Å². The third-order valence-electron chi connectivity index (χ3n) is 4.83. The van der Waals surface area contributed by atoms with Gasteiger partial charge in [0.25, 0.3) is 0 Å². The van der Waals surface area contributed by atoms with Crippen molar-refractivity contribution in [2.75, 3.05) is 54.5 Å². The number of nitrogens with zero attached hydrogens (tertiary/aromatic N) is 6. The molecule has 2 aliphatic rings. The molecule has 8 heteroatoms. The average molecular weight is 366 g/mol. The van der Waals surface area contributed by atoms with Crippen molar-refractivity contribution in [1.82, 2.24) is 20.3 Å². The maximum absolute atomic E-state index is 4.76. The molecule has 2 N–H and O–H groups in total. The molecular weight excluding hydrogens is 340 g/mol. The van der Waals surface area contributed by atoms with Gasteiger partial charge >= 0.3 is 0 Å². The van der Waals surface area contributed by atoms with Crippen LogP contribution in [0.4, 0.5) is 17.8 Å². The van der Waals surface area contributed by atoms with Crippen molar-refractivity contribution < 1.29 is 0 Å². The predicted octanol–water partition coefficient (Wildman–Crippen LogP) is 1.72. The molecule has 0 spiro atoms. The van der Waals surface area contributed by atoms with E-state index in [9.17, 15) is 0 Å². The minimum atomic E-state index is 0.492. The Morgan fingerprint density at radius 3 is 2.22 bits per heavy atom. The molecule has 1 aromatic carbocycles. The molecule has 0 unspecified atom stereocenters. The number of rotatable bonds is 5. The van der Waals surface area contributed by atoms with Gasteiger partial charge < -0.3 is 15.1 Å². The van der Waals surface area contributed by atoms with Crippen molar-refractivity contribution in [1.29, 1.82) is 0 Å². The van der Waals surface area contributed by atoms with E-state index in [2.05, 4.69) is 35.6 Å². The van der Waals surface area contributed by atoms with Crippen LogP contribution in [0.1, 0.15) is 24.8 Å². The summed E-state index contributed by atoms with van der Waals surface area (Å²) in [6.07, 6.45) is 5.42. The van der Waals surface area contributed by atoms with Gasteiger partial charge in [0.2, 0.25) is 17.8 Å². The van der Waals surface area contributed by atoms with Crippen molar-refractivity contribution in [3.63, 3.8) is 0 Å². The SMILES string of the molecule is C(=NNc1nc(N2CCCCC2)nc(N2CCNCC2)n1)c1ccccc1. The first-order chi connectivity index (χ1) is 13.4. The Bertz CT molecular complexity index is 715. The summed E-state index contributed by atoms with van der Waals surface area (Å²) in [5, 5.41) is 7.67. The lowest BCUT2D eigenvalue weighted by Gasteiger charge is -2.30. The molecule has 0 atom stereocenters. The van der Waals surface area contributed by atoms with E-state index in [1.54, 1.807) is 6.21 Å². The minimum Gasteiger partial charge on any atom is -0.341 e. The Morgan fingerprint density at radius 2 is 1.52 bits per heavy atom. The zero-order valence-electron chi connectivity index (χ0n) is 15.5. The number of hydrazone groups is 1. The van der Waals surface area contributed by atoms with Gasteiger partial charge in [0, 0.05) is 39.3 Å². The van der Waals surface area contributed by atoms with Crippen LogP contribution in [0.2, 0.25) is 0 Å². The van der Waals surface area contributed by atoms with E-state index < -0.39 is 0 Å². The van der Waals surface area contributed by atoms with E-state index in [0.717, 1.165) is 56.7 Å². The molecule has 8 nitrogen and oxygen atoms in total. The second-order valence-corrected chi connectivity index (χ2v) is 6.82. The number of piperidine rings is 1. The molecule has 27 heavy (non-hydrogen) atoms. The third kappa shape index (κ3) is 4.71. The lowest BCUT2D eigenvalue weighted by molar-refractivity contribution is 0.561. The number of anilines is 3. The first-order valence-corrected chi connectivity index (χ1v) is 9.69. The van der Waals surface area contributed by atoms with Crippen LogP contribution in [0.5, 0.6) is 0 Å². The van der Waals surface area contributed by atoms with Crippen LogP contribution in [0.25, 0.3) is 0 Å². The van der Waals surface area contributed by atoms with E-state index >= 15 is 0 Å². The number of hydrogen-bond acceptors (Lipinski definition) is 8. The van der Waals surface area contributed by atoms with Crippen molar-refractivity contribution >= 4 is 24.1 Å². The molecule has 2 aromatic rings. The molecule has 2 saturated heterocycles. The maximum atomic E-state index is 4.76. The van der Waals surface area contributed by atoms with Gasteiger partial charge in [-0.25, -0.2) is 5.43 Å². The summed E-state index contributed by atoms with van der Waals surface area (Å²) < 4.78 is 0. The largest absolute Gasteiger partial charge is 0.341 e. The Kier molecular flexibility index (Phi) is 5.73. The van der Waals surface area contributed by atoms with Crippen LogP contribution in [0, 0.1) is 0 Å². The summed E-state index contributed by atoms with van der Waals surface area (Å²) in [4.78, 5) is 18.4. The quantitative estimate of drug-likeness (QED) is 0.616. The summed E-state index contributed by atoms with van der Waals surface area (Å²) in [7, 11) is 0. The molecule has 0 amide bonds. The molecule has 0 bridgehead atoms. The zero-order valence-corrected chi connectivity index (χ0v) is 15.5. The average Bonchev–Trinajstić information content (AvgIpc) is 2.76. The van der Waals surface area contributed by atoms with Crippen molar-refractivity contribution in [3.8, 4) is 0 Å². The second-order valence-electron chi connectivity index (χ2n) is 6.82. The minimum absolute atomic E-state index is 0.492. The monoisotopic (exact) mass is 366 g/mol. The molecule has 4 rings (SSSR count). The molecule has 0 aliphatic carbocycles. The van der Waals surface area contributed by atoms with Crippen molar-refractivity contribution in [2.24, 2.45) is 5.10 Å². The predicted molar refractivity (Wildman–Crippen MR) is 109 cm³/mol. The molecule has 2 fully saturated rings. The highest BCUT2D eigenvalue weighted by Crippen LogP contribution is 2.20. The zero-order chi connectivity index (χ0) is 18.3. The normalized spacial score (nSPS) is 18.1. The van der Waals surface area contributed by atoms with E-state index in [0.29, 0.717) is 5.95 Å². The van der Waals surface area contributed by atoms with Crippen LogP contribution in [-0.4, -0.2) is 60.4 Å². The summed E-state index contributed by atoms with van der Waals surface area (Å²) in [5.41, 5.74) is 4.02. The van der Waals surface area contributed by atoms with Gasteiger partial charge in [0.05, 0.1) is 6.21 Å². The number of benzene rings is 1. The molecule has 0 radical (unpaired) electrons. The summed E-state index contributed by atoms with van der Waals surface area (Å²) in [6, 6.07) is 9.97. The van der Waals surface area contributed by atoms with Gasteiger partial charge in [-0.15, -0.1) is 0 Å². The third-order valence-corrected chi connectivity index (χ3v) is 4.83. The number of piperazine rings is 1. The van der Waals surface area contributed by atoms with Gasteiger partial charge in [-0.05, 0) is 24.8 Å². The van der Waals surface area contributed by atoms with E-state index in [1.807, 2.05) is 30.3 Å². The summed E-state index contributed by atoms with van der Waals surface area (Å²) in [6.45, 7) is 5.68. The lowest BCUT2D eigenvalue weighted by atomic mass is 10.1. The van der Waals surface area contributed by atoms with Crippen LogP contribution >= 0.6 is 0 Å². The van der Waals surface area contributed by atoms with Crippen LogP contribution in [0.3, 0.4) is 0 Å². The van der Waals surface area contributed by atoms with Crippen molar-refractivity contribution in [2.45, 2.75) is 19.3 Å². The molecule has 2 aliphatic heterocycles. The summed E-state index contributed by atoms with van der Waals surface area (Å²) in [5.74, 6) is 1.96. The Hall–Kier alpha value is -2.74. The molecule has 142 valence electrons. The first-order valence-electron chi connectivity index (χ1n) is 9.69. The van der Waals surface area contributed by atoms with E-state index in [-0.39, 0.29) is 0 Å². The fourth-order valence-corrected chi connectivity index (χ4v) is 3.35. The molecular formula is C19H26N8. The number of nitrogens with one attached hydrogen (secondary N) is 2. The Morgan fingerprint density at radius 1 is 0.852 bits per heavy atom. The van der Waals surface area contributed by atoms with Gasteiger partial charge in [-0.3, -0.25) is 0 Å². The van der Waals surface area contributed by atoms with Gasteiger partial charge in [0.15, 0.2) is 0 Å².